The molecule has 0 atom stereocenters. The van der Waals surface area contributed by atoms with Crippen LogP contribution in [0, 0.1) is 5.92 Å². The maximum Gasteiger partial charge on any atom is 0.321 e. The summed E-state index contributed by atoms with van der Waals surface area (Å²) in [5.74, 6) is 0.181. The second-order valence-corrected chi connectivity index (χ2v) is 5.71. The molecule has 7 nitrogen and oxygen atoms in total. The molecule has 1 aliphatic heterocycles. The Hall–Kier alpha value is -1.63. The van der Waals surface area contributed by atoms with Crippen molar-refractivity contribution in [1.82, 2.24) is 20.4 Å². The summed E-state index contributed by atoms with van der Waals surface area (Å²) < 4.78 is 0. The van der Waals surface area contributed by atoms with Gasteiger partial charge in [0.1, 0.15) is 0 Å². The van der Waals surface area contributed by atoms with Crippen LogP contribution in [0.25, 0.3) is 0 Å². The SMILES string of the molecule is CNC(=O)NC(=O)CN1CCN(C(=O)C2CCCC2)CC1. The summed E-state index contributed by atoms with van der Waals surface area (Å²) in [4.78, 5) is 38.8. The van der Waals surface area contributed by atoms with Gasteiger partial charge in [0.15, 0.2) is 0 Å². The number of nitrogens with one attached hydrogen (secondary N) is 2. The topological polar surface area (TPSA) is 81.8 Å². The molecule has 2 aliphatic rings. The number of nitrogens with zero attached hydrogens (tertiary/aromatic N) is 2. The molecule has 2 N–H and O–H groups in total. The Morgan fingerprint density at radius 1 is 1.05 bits per heavy atom. The fourth-order valence-electron chi connectivity index (χ4n) is 2.99. The molecule has 0 bridgehead atoms. The van der Waals surface area contributed by atoms with E-state index in [2.05, 4.69) is 10.6 Å². The molecule has 0 radical (unpaired) electrons. The summed E-state index contributed by atoms with van der Waals surface area (Å²) in [6.45, 7) is 2.89. The Bertz CT molecular complexity index is 399. The van der Waals surface area contributed by atoms with Gasteiger partial charge in [0, 0.05) is 39.1 Å². The average Bonchev–Trinajstić information content (AvgIpc) is 3.01. The predicted octanol–water partition coefficient (Wildman–Crippen LogP) is -0.224. The number of carbonyl (C=O) groups excluding carboxylic acids is 3. The third kappa shape index (κ3) is 4.42. The molecule has 7 heteroatoms. The zero-order chi connectivity index (χ0) is 15.2. The number of hydrogen-bond acceptors (Lipinski definition) is 4. The van der Waals surface area contributed by atoms with Gasteiger partial charge in [0.05, 0.1) is 6.54 Å². The molecule has 0 unspecified atom stereocenters. The highest BCUT2D eigenvalue weighted by Crippen LogP contribution is 2.26. The van der Waals surface area contributed by atoms with E-state index in [-0.39, 0.29) is 24.3 Å². The lowest BCUT2D eigenvalue weighted by molar-refractivity contribution is -0.137. The smallest absolute Gasteiger partial charge is 0.321 e. The van der Waals surface area contributed by atoms with Crippen molar-refractivity contribution in [3.63, 3.8) is 0 Å². The van der Waals surface area contributed by atoms with Crippen LogP contribution < -0.4 is 10.6 Å². The van der Waals surface area contributed by atoms with Crippen molar-refractivity contribution in [3.8, 4) is 0 Å². The highest BCUT2D eigenvalue weighted by Gasteiger charge is 2.29. The number of rotatable bonds is 3. The molecule has 0 aromatic heterocycles. The van der Waals surface area contributed by atoms with E-state index in [1.165, 1.54) is 7.05 Å². The number of hydrogen-bond donors (Lipinski definition) is 2. The van der Waals surface area contributed by atoms with Crippen LogP contribution in [0.4, 0.5) is 4.79 Å². The van der Waals surface area contributed by atoms with Crippen molar-refractivity contribution in [3.05, 3.63) is 0 Å². The maximum absolute atomic E-state index is 12.3. The summed E-state index contributed by atoms with van der Waals surface area (Å²) in [5.41, 5.74) is 0. The van der Waals surface area contributed by atoms with Gasteiger partial charge in [0.25, 0.3) is 0 Å². The molecule has 21 heavy (non-hydrogen) atoms. The molecule has 4 amide bonds. The van der Waals surface area contributed by atoms with E-state index in [0.717, 1.165) is 25.7 Å². The lowest BCUT2D eigenvalue weighted by atomic mass is 10.1. The average molecular weight is 296 g/mol. The summed E-state index contributed by atoms with van der Waals surface area (Å²) in [5, 5.41) is 4.59. The lowest BCUT2D eigenvalue weighted by Gasteiger charge is -2.35. The van der Waals surface area contributed by atoms with Gasteiger partial charge in [-0.3, -0.25) is 19.8 Å². The first-order valence-electron chi connectivity index (χ1n) is 7.63. The normalized spacial score (nSPS) is 20.3. The van der Waals surface area contributed by atoms with Crippen molar-refractivity contribution in [1.29, 1.82) is 0 Å². The predicted molar refractivity (Wildman–Crippen MR) is 77.6 cm³/mol. The van der Waals surface area contributed by atoms with Gasteiger partial charge in [0.2, 0.25) is 11.8 Å². The van der Waals surface area contributed by atoms with E-state index in [4.69, 9.17) is 0 Å². The highest BCUT2D eigenvalue weighted by molar-refractivity contribution is 5.95. The Labute approximate surface area is 125 Å². The van der Waals surface area contributed by atoms with Gasteiger partial charge in [-0.2, -0.15) is 0 Å². The van der Waals surface area contributed by atoms with Crippen LogP contribution >= 0.6 is 0 Å². The van der Waals surface area contributed by atoms with Crippen LogP contribution in [0.3, 0.4) is 0 Å². The van der Waals surface area contributed by atoms with Gasteiger partial charge in [-0.15, -0.1) is 0 Å². The summed E-state index contributed by atoms with van der Waals surface area (Å²) in [6, 6.07) is -0.491. The molecule has 1 saturated heterocycles. The third-order valence-electron chi connectivity index (χ3n) is 4.24. The zero-order valence-corrected chi connectivity index (χ0v) is 12.6. The monoisotopic (exact) mass is 296 g/mol. The standard InChI is InChI=1S/C14H24N4O3/c1-15-14(21)16-12(19)10-17-6-8-18(9-7-17)13(20)11-4-2-3-5-11/h11H,2-10H2,1H3,(H2,15,16,19,21). The minimum absolute atomic E-state index is 0.193. The summed E-state index contributed by atoms with van der Waals surface area (Å²) >= 11 is 0. The third-order valence-corrected chi connectivity index (χ3v) is 4.24. The van der Waals surface area contributed by atoms with E-state index < -0.39 is 6.03 Å². The van der Waals surface area contributed by atoms with Crippen molar-refractivity contribution in [2.75, 3.05) is 39.8 Å². The van der Waals surface area contributed by atoms with E-state index >= 15 is 0 Å². The first-order chi connectivity index (χ1) is 10.1. The van der Waals surface area contributed by atoms with E-state index in [1.807, 2.05) is 9.80 Å². The van der Waals surface area contributed by atoms with Crippen molar-refractivity contribution in [2.45, 2.75) is 25.7 Å². The number of carbonyl (C=O) groups is 3. The van der Waals surface area contributed by atoms with Crippen molar-refractivity contribution >= 4 is 17.8 Å². The van der Waals surface area contributed by atoms with Crippen LogP contribution in [0.2, 0.25) is 0 Å². The van der Waals surface area contributed by atoms with Gasteiger partial charge in [-0.05, 0) is 12.8 Å². The molecule has 1 aliphatic carbocycles. The first kappa shape index (κ1) is 15.8. The van der Waals surface area contributed by atoms with E-state index in [1.54, 1.807) is 0 Å². The van der Waals surface area contributed by atoms with Gasteiger partial charge >= 0.3 is 6.03 Å². The second kappa shape index (κ2) is 7.40. The van der Waals surface area contributed by atoms with E-state index in [9.17, 15) is 14.4 Å². The molecule has 1 heterocycles. The van der Waals surface area contributed by atoms with Crippen LogP contribution in [-0.2, 0) is 9.59 Å². The highest BCUT2D eigenvalue weighted by atomic mass is 16.2. The van der Waals surface area contributed by atoms with Gasteiger partial charge < -0.3 is 10.2 Å². The fourth-order valence-corrected chi connectivity index (χ4v) is 2.99. The number of imide groups is 1. The van der Waals surface area contributed by atoms with Crippen LogP contribution in [-0.4, -0.2) is 67.4 Å². The number of piperazine rings is 1. The molecule has 0 aromatic rings. The second-order valence-electron chi connectivity index (χ2n) is 5.71. The molecule has 118 valence electrons. The Morgan fingerprint density at radius 3 is 2.24 bits per heavy atom. The molecule has 1 saturated carbocycles. The zero-order valence-electron chi connectivity index (χ0n) is 12.6. The fraction of sp³-hybridized carbons (Fsp3) is 0.786. The molecule has 0 spiro atoms. The number of urea groups is 1. The number of amides is 4. The van der Waals surface area contributed by atoms with Crippen LogP contribution in [0.5, 0.6) is 0 Å². The van der Waals surface area contributed by atoms with E-state index in [0.29, 0.717) is 26.2 Å². The first-order valence-corrected chi connectivity index (χ1v) is 7.63. The van der Waals surface area contributed by atoms with Gasteiger partial charge in [-0.1, -0.05) is 12.8 Å². The van der Waals surface area contributed by atoms with Crippen LogP contribution in [0.15, 0.2) is 0 Å². The summed E-state index contributed by atoms with van der Waals surface area (Å²) in [7, 11) is 1.47. The minimum atomic E-state index is -0.491. The van der Waals surface area contributed by atoms with Crippen LogP contribution in [0.1, 0.15) is 25.7 Å². The maximum atomic E-state index is 12.3. The van der Waals surface area contributed by atoms with Crippen molar-refractivity contribution < 1.29 is 14.4 Å². The molecule has 2 rings (SSSR count). The Kier molecular flexibility index (Phi) is 5.55. The Morgan fingerprint density at radius 2 is 1.67 bits per heavy atom. The molecular weight excluding hydrogens is 272 g/mol. The molecule has 0 aromatic carbocycles. The minimum Gasteiger partial charge on any atom is -0.341 e. The molecule has 2 fully saturated rings. The molecular formula is C14H24N4O3. The Balaban J connectivity index is 1.71. The lowest BCUT2D eigenvalue weighted by Crippen LogP contribution is -2.53. The largest absolute Gasteiger partial charge is 0.341 e. The summed E-state index contributed by atoms with van der Waals surface area (Å²) in [6.07, 6.45) is 4.37. The van der Waals surface area contributed by atoms with Crippen molar-refractivity contribution in [2.24, 2.45) is 5.92 Å². The quantitative estimate of drug-likeness (QED) is 0.754. The van der Waals surface area contributed by atoms with Gasteiger partial charge in [-0.25, -0.2) is 4.79 Å².